The first kappa shape index (κ1) is 27.7. The summed E-state index contributed by atoms with van der Waals surface area (Å²) in [7, 11) is 0. The molecule has 6 aromatic carbocycles. The van der Waals surface area contributed by atoms with E-state index in [0.29, 0.717) is 22.5 Å². The third-order valence-electron chi connectivity index (χ3n) is 8.58. The van der Waals surface area contributed by atoms with Crippen molar-refractivity contribution < 1.29 is 8.78 Å². The van der Waals surface area contributed by atoms with Gasteiger partial charge in [-0.3, -0.25) is 19.6 Å². The molecular weight excluding hydrogens is 574 g/mol. The van der Waals surface area contributed by atoms with E-state index in [1.54, 1.807) is 26.0 Å². The van der Waals surface area contributed by atoms with Gasteiger partial charge in [0.1, 0.15) is 11.6 Å². The topological polar surface area (TPSA) is 13.0 Å². The Morgan fingerprint density at radius 2 is 0.587 bits per heavy atom. The molecule has 0 aliphatic carbocycles. The molecule has 0 saturated heterocycles. The Morgan fingerprint density at radius 1 is 0.348 bits per heavy atom. The smallest absolute Gasteiger partial charge is 0.166 e. The standard InChI is InChI=1S/C40H30F2N4/c1-27-23-35-37(25-33(27)41)45(31-19-11-5-12-20-31)39(43(35)29-15-7-3-8-16-29)40-44(30-17-9-4-10-18-30)36-24-28(2)34(42)26-38(36)46(40)32-21-13-6-14-22-32/h3-26H,1-2H3/b40-39+. The number of benzene rings is 6. The number of nitrogens with zero attached hydrogens (tertiary/aromatic N) is 4. The molecule has 224 valence electrons. The van der Waals surface area contributed by atoms with Crippen LogP contribution < -0.4 is 19.6 Å². The molecule has 0 unspecified atom stereocenters. The van der Waals surface area contributed by atoms with Gasteiger partial charge < -0.3 is 0 Å². The van der Waals surface area contributed by atoms with Crippen LogP contribution in [0.2, 0.25) is 0 Å². The van der Waals surface area contributed by atoms with E-state index in [-0.39, 0.29) is 11.6 Å². The Hall–Kier alpha value is -5.88. The van der Waals surface area contributed by atoms with E-state index >= 15 is 8.78 Å². The van der Waals surface area contributed by atoms with Crippen molar-refractivity contribution in [3.63, 3.8) is 0 Å². The maximum Gasteiger partial charge on any atom is 0.166 e. The first-order chi connectivity index (χ1) is 22.5. The van der Waals surface area contributed by atoms with Gasteiger partial charge in [-0.25, -0.2) is 8.78 Å². The fraction of sp³-hybridized carbons (Fsp3) is 0.0500. The van der Waals surface area contributed by atoms with Crippen LogP contribution >= 0.6 is 0 Å². The molecule has 0 radical (unpaired) electrons. The average molecular weight is 605 g/mol. The van der Waals surface area contributed by atoms with Crippen molar-refractivity contribution in [2.75, 3.05) is 19.6 Å². The average Bonchev–Trinajstić information content (AvgIpc) is 3.58. The van der Waals surface area contributed by atoms with Gasteiger partial charge in [0, 0.05) is 34.9 Å². The monoisotopic (exact) mass is 604 g/mol. The van der Waals surface area contributed by atoms with Gasteiger partial charge in [-0.15, -0.1) is 0 Å². The van der Waals surface area contributed by atoms with Crippen molar-refractivity contribution in [2.24, 2.45) is 0 Å². The highest BCUT2D eigenvalue weighted by molar-refractivity contribution is 6.00. The number of fused-ring (bicyclic) bond motifs is 2. The largest absolute Gasteiger partial charge is 0.291 e. The lowest BCUT2D eigenvalue weighted by Gasteiger charge is -2.34. The minimum absolute atomic E-state index is 0.286. The molecule has 2 aliphatic heterocycles. The van der Waals surface area contributed by atoms with Gasteiger partial charge in [0.2, 0.25) is 0 Å². The lowest BCUT2D eigenvalue weighted by Crippen LogP contribution is -2.33. The second-order valence-corrected chi connectivity index (χ2v) is 11.5. The van der Waals surface area contributed by atoms with Gasteiger partial charge in [0.25, 0.3) is 0 Å². The summed E-state index contributed by atoms with van der Waals surface area (Å²) < 4.78 is 31.1. The molecule has 2 heterocycles. The number of anilines is 8. The summed E-state index contributed by atoms with van der Waals surface area (Å²) >= 11 is 0. The van der Waals surface area contributed by atoms with E-state index in [4.69, 9.17) is 0 Å². The zero-order chi connectivity index (χ0) is 31.4. The van der Waals surface area contributed by atoms with Crippen molar-refractivity contribution >= 4 is 45.5 Å². The van der Waals surface area contributed by atoms with E-state index in [2.05, 4.69) is 43.9 Å². The number of rotatable bonds is 4. The van der Waals surface area contributed by atoms with Crippen molar-refractivity contribution in [1.29, 1.82) is 0 Å². The Kier molecular flexibility index (Phi) is 6.57. The highest BCUT2D eigenvalue weighted by Crippen LogP contribution is 2.57. The highest BCUT2D eigenvalue weighted by Gasteiger charge is 2.45. The normalized spacial score (nSPS) is 15.4. The van der Waals surface area contributed by atoms with E-state index in [1.807, 2.05) is 109 Å². The summed E-state index contributed by atoms with van der Waals surface area (Å²) in [5, 5.41) is 0. The molecule has 0 spiro atoms. The fourth-order valence-corrected chi connectivity index (χ4v) is 6.44. The number of para-hydroxylation sites is 4. The molecule has 4 nitrogen and oxygen atoms in total. The molecular formula is C40H30F2N4. The molecule has 0 amide bonds. The zero-order valence-electron chi connectivity index (χ0n) is 25.4. The van der Waals surface area contributed by atoms with Crippen LogP contribution in [0.1, 0.15) is 11.1 Å². The van der Waals surface area contributed by atoms with Crippen molar-refractivity contribution in [2.45, 2.75) is 13.8 Å². The Bertz CT molecular complexity index is 1800. The lowest BCUT2D eigenvalue weighted by molar-refractivity contribution is 0.619. The number of halogens is 2. The fourth-order valence-electron chi connectivity index (χ4n) is 6.44. The second-order valence-electron chi connectivity index (χ2n) is 11.5. The van der Waals surface area contributed by atoms with Crippen LogP contribution in [-0.2, 0) is 0 Å². The molecule has 0 N–H and O–H groups in total. The quantitative estimate of drug-likeness (QED) is 0.198. The third-order valence-corrected chi connectivity index (χ3v) is 8.58. The van der Waals surface area contributed by atoms with Crippen LogP contribution in [0, 0.1) is 25.5 Å². The van der Waals surface area contributed by atoms with Gasteiger partial charge in [-0.2, -0.15) is 0 Å². The molecule has 0 atom stereocenters. The minimum Gasteiger partial charge on any atom is -0.291 e. The van der Waals surface area contributed by atoms with Gasteiger partial charge in [0.15, 0.2) is 11.6 Å². The predicted molar refractivity (Wildman–Crippen MR) is 184 cm³/mol. The summed E-state index contributed by atoms with van der Waals surface area (Å²) in [5.41, 5.74) is 7.76. The van der Waals surface area contributed by atoms with Crippen molar-refractivity contribution in [1.82, 2.24) is 0 Å². The van der Waals surface area contributed by atoms with Crippen LogP contribution in [0.5, 0.6) is 0 Å². The van der Waals surface area contributed by atoms with Gasteiger partial charge in [-0.1, -0.05) is 72.8 Å². The van der Waals surface area contributed by atoms with E-state index in [0.717, 1.165) is 45.8 Å². The summed E-state index contributed by atoms with van der Waals surface area (Å²) in [4.78, 5) is 8.60. The molecule has 2 aliphatic rings. The number of hydrogen-bond donors (Lipinski definition) is 0. The first-order valence-corrected chi connectivity index (χ1v) is 15.3. The zero-order valence-corrected chi connectivity index (χ0v) is 25.4. The van der Waals surface area contributed by atoms with Crippen LogP contribution in [0.3, 0.4) is 0 Å². The minimum atomic E-state index is -0.286. The summed E-state index contributed by atoms with van der Waals surface area (Å²) in [6, 6.07) is 47.3. The molecule has 6 heteroatoms. The summed E-state index contributed by atoms with van der Waals surface area (Å²) in [5.74, 6) is 0.982. The van der Waals surface area contributed by atoms with E-state index < -0.39 is 0 Å². The third kappa shape index (κ3) is 4.33. The van der Waals surface area contributed by atoms with Crippen LogP contribution in [0.15, 0.2) is 157 Å². The van der Waals surface area contributed by atoms with Crippen LogP contribution in [0.4, 0.5) is 54.3 Å². The lowest BCUT2D eigenvalue weighted by atomic mass is 10.1. The van der Waals surface area contributed by atoms with Gasteiger partial charge >= 0.3 is 0 Å². The number of aryl methyl sites for hydroxylation is 2. The Morgan fingerprint density at radius 3 is 0.848 bits per heavy atom. The molecule has 6 aromatic rings. The molecule has 46 heavy (non-hydrogen) atoms. The molecule has 0 bridgehead atoms. The predicted octanol–water partition coefficient (Wildman–Crippen LogP) is 11.0. The van der Waals surface area contributed by atoms with Crippen LogP contribution in [0.25, 0.3) is 0 Å². The summed E-state index contributed by atoms with van der Waals surface area (Å²) in [6.45, 7) is 3.58. The van der Waals surface area contributed by atoms with E-state index in [9.17, 15) is 0 Å². The van der Waals surface area contributed by atoms with Gasteiger partial charge in [-0.05, 0) is 85.6 Å². The van der Waals surface area contributed by atoms with Crippen LogP contribution in [-0.4, -0.2) is 0 Å². The second kappa shape index (κ2) is 10.9. The van der Waals surface area contributed by atoms with E-state index in [1.165, 1.54) is 0 Å². The van der Waals surface area contributed by atoms with Gasteiger partial charge in [0.05, 0.1) is 22.7 Å². The Labute approximate surface area is 267 Å². The molecule has 0 fully saturated rings. The Balaban J connectivity index is 1.56. The van der Waals surface area contributed by atoms with Crippen molar-refractivity contribution in [3.05, 3.63) is 180 Å². The first-order valence-electron chi connectivity index (χ1n) is 15.3. The molecule has 0 aromatic heterocycles. The maximum atomic E-state index is 15.6. The number of hydrogen-bond acceptors (Lipinski definition) is 4. The highest BCUT2D eigenvalue weighted by atomic mass is 19.1. The molecule has 8 rings (SSSR count). The summed E-state index contributed by atoms with van der Waals surface area (Å²) in [6.07, 6.45) is 0. The molecule has 0 saturated carbocycles. The SMILES string of the molecule is Cc1cc2c(cc1F)N(c1ccccc1)/C(=C1\N(c3ccccc3)c3cc(C)c(F)cc3N1c1ccccc1)N2c1ccccc1. The van der Waals surface area contributed by atoms with Crippen molar-refractivity contribution in [3.8, 4) is 0 Å². The maximum absolute atomic E-state index is 15.6.